The number of nitrogens with two attached hydrogens (primary N) is 1. The lowest BCUT2D eigenvalue weighted by Crippen LogP contribution is -2.29. The highest BCUT2D eigenvalue weighted by molar-refractivity contribution is 7.47. The van der Waals surface area contributed by atoms with Crippen molar-refractivity contribution in [2.75, 3.05) is 26.4 Å². The maximum absolute atomic E-state index is 12.7. The quantitative estimate of drug-likeness (QED) is 0.0264. The van der Waals surface area contributed by atoms with Crippen LogP contribution in [0.1, 0.15) is 181 Å². The number of phosphoric ester groups is 1. The third-order valence-electron chi connectivity index (χ3n) is 10.8. The van der Waals surface area contributed by atoms with Crippen LogP contribution in [0.15, 0.2) is 182 Å². The van der Waals surface area contributed by atoms with Gasteiger partial charge in [0.05, 0.1) is 13.2 Å². The number of esters is 2. The van der Waals surface area contributed by atoms with E-state index in [1.165, 1.54) is 0 Å². The summed E-state index contributed by atoms with van der Waals surface area (Å²) in [4.78, 5) is 35.2. The first-order valence-corrected chi connectivity index (χ1v) is 29.8. The van der Waals surface area contributed by atoms with Gasteiger partial charge in [-0.15, -0.1) is 0 Å². The smallest absolute Gasteiger partial charge is 0.462 e. The predicted molar refractivity (Wildman–Crippen MR) is 320 cm³/mol. The lowest BCUT2D eigenvalue weighted by molar-refractivity contribution is -0.161. The first-order valence-electron chi connectivity index (χ1n) is 28.3. The third-order valence-corrected chi connectivity index (χ3v) is 11.8. The van der Waals surface area contributed by atoms with Gasteiger partial charge in [0.15, 0.2) is 6.10 Å². The Morgan fingerprint density at radius 3 is 1.05 bits per heavy atom. The standard InChI is InChI=1S/C65H100NO8P/c1-3-5-7-9-11-13-15-17-19-21-23-25-27-29-31-33-35-37-39-41-43-45-47-49-51-53-55-57-64(67)71-61-63(62-73-75(69,70)72-60-59-66)74-65(68)58-56-54-52-50-48-46-44-42-40-38-36-34-32-30-28-26-24-22-20-18-16-14-12-10-8-6-4-2/h5-8,11-14,17-20,23-26,29-32,35-38,41-44,48,50,63H,3-4,9-10,15-16,21-22,27-28,33-34,39-40,45-47,49,51-62,66H2,1-2H3,(H,69,70)/b7-5-,8-6-,13-11-,14-12-,19-17-,20-18-,25-23-,26-24-,31-29-,32-30-,37-35-,38-36-,43-41-,44-42-,50-48-. The van der Waals surface area contributed by atoms with Crippen molar-refractivity contribution in [3.8, 4) is 0 Å². The van der Waals surface area contributed by atoms with Gasteiger partial charge in [0.1, 0.15) is 6.61 Å². The van der Waals surface area contributed by atoms with Gasteiger partial charge in [0, 0.05) is 19.4 Å². The second-order valence-corrected chi connectivity index (χ2v) is 19.1. The normalized spacial score (nSPS) is 14.5. The molecule has 0 bridgehead atoms. The molecule has 0 amide bonds. The average Bonchev–Trinajstić information content (AvgIpc) is 3.40. The van der Waals surface area contributed by atoms with Crippen molar-refractivity contribution >= 4 is 19.8 Å². The fraction of sp³-hybridized carbons (Fsp3) is 0.508. The number of allylic oxidation sites excluding steroid dienone is 30. The SMILES string of the molecule is CC/C=C\C/C=C\C/C=C\C/C=C\C/C=C\C/C=C\C/C=C\C/C=C\CCCCC(=O)OC(COC(=O)CCCCCCC/C=C\C/C=C\C/C=C\C/C=C\C/C=C\C/C=C\C/C=C\CC)COP(=O)(O)OCCN. The highest BCUT2D eigenvalue weighted by atomic mass is 31.2. The molecule has 10 heteroatoms. The van der Waals surface area contributed by atoms with Gasteiger partial charge in [-0.05, 0) is 135 Å². The van der Waals surface area contributed by atoms with E-state index in [-0.39, 0.29) is 32.6 Å². The predicted octanol–water partition coefficient (Wildman–Crippen LogP) is 18.1. The third kappa shape index (κ3) is 58.2. The molecule has 0 aromatic heterocycles. The largest absolute Gasteiger partial charge is 0.472 e. The minimum atomic E-state index is -4.42. The molecule has 0 saturated carbocycles. The molecule has 0 spiro atoms. The fourth-order valence-corrected chi connectivity index (χ4v) is 7.45. The van der Waals surface area contributed by atoms with Crippen molar-refractivity contribution in [1.29, 1.82) is 0 Å². The van der Waals surface area contributed by atoms with E-state index in [4.69, 9.17) is 24.3 Å². The maximum atomic E-state index is 12.7. The van der Waals surface area contributed by atoms with Crippen molar-refractivity contribution in [3.63, 3.8) is 0 Å². The van der Waals surface area contributed by atoms with Gasteiger partial charge in [-0.3, -0.25) is 18.6 Å². The summed E-state index contributed by atoms with van der Waals surface area (Å²) in [6.45, 7) is 3.40. The van der Waals surface area contributed by atoms with Crippen LogP contribution in [0.4, 0.5) is 0 Å². The summed E-state index contributed by atoms with van der Waals surface area (Å²) in [5.41, 5.74) is 5.37. The molecule has 0 aliphatic carbocycles. The monoisotopic (exact) mass is 1050 g/mol. The van der Waals surface area contributed by atoms with E-state index in [1.54, 1.807) is 0 Å². The minimum absolute atomic E-state index is 0.0314. The summed E-state index contributed by atoms with van der Waals surface area (Å²) in [5, 5.41) is 0. The fourth-order valence-electron chi connectivity index (χ4n) is 6.69. The van der Waals surface area contributed by atoms with Crippen LogP contribution in [0, 0.1) is 0 Å². The van der Waals surface area contributed by atoms with Crippen molar-refractivity contribution in [2.24, 2.45) is 5.73 Å². The molecule has 418 valence electrons. The highest BCUT2D eigenvalue weighted by Gasteiger charge is 2.26. The van der Waals surface area contributed by atoms with Gasteiger partial charge in [-0.25, -0.2) is 4.57 Å². The Bertz CT molecular complexity index is 1870. The first kappa shape index (κ1) is 70.1. The molecule has 0 aromatic rings. The number of carbonyl (C=O) groups is 2. The molecule has 0 radical (unpaired) electrons. The van der Waals surface area contributed by atoms with Crippen LogP contribution >= 0.6 is 7.82 Å². The van der Waals surface area contributed by atoms with E-state index < -0.39 is 32.5 Å². The summed E-state index contributed by atoms with van der Waals surface area (Å²) in [6, 6.07) is 0. The molecule has 0 fully saturated rings. The molecular weight excluding hydrogens is 954 g/mol. The van der Waals surface area contributed by atoms with Gasteiger partial charge < -0.3 is 20.1 Å². The second kappa shape index (κ2) is 58.4. The Balaban J connectivity index is 4.21. The Labute approximate surface area is 456 Å². The number of unbranched alkanes of at least 4 members (excludes halogenated alkanes) is 7. The van der Waals surface area contributed by atoms with Crippen molar-refractivity contribution < 1.29 is 37.6 Å². The van der Waals surface area contributed by atoms with Crippen molar-refractivity contribution in [2.45, 2.75) is 187 Å². The van der Waals surface area contributed by atoms with Crippen molar-refractivity contribution in [3.05, 3.63) is 182 Å². The summed E-state index contributed by atoms with van der Waals surface area (Å²) in [5.74, 6) is -0.921. The highest BCUT2D eigenvalue weighted by Crippen LogP contribution is 2.43. The number of hydrogen-bond donors (Lipinski definition) is 2. The minimum Gasteiger partial charge on any atom is -0.462 e. The van der Waals surface area contributed by atoms with Gasteiger partial charge in [0.2, 0.25) is 0 Å². The molecule has 0 aliphatic heterocycles. The van der Waals surface area contributed by atoms with Gasteiger partial charge in [-0.2, -0.15) is 0 Å². The van der Waals surface area contributed by atoms with Crippen LogP contribution in [0.25, 0.3) is 0 Å². The van der Waals surface area contributed by atoms with E-state index in [1.807, 2.05) is 0 Å². The molecule has 0 rings (SSSR count). The zero-order valence-electron chi connectivity index (χ0n) is 46.4. The Hall–Kier alpha value is -4.89. The molecule has 2 unspecified atom stereocenters. The molecular formula is C65H100NO8P. The van der Waals surface area contributed by atoms with E-state index in [0.717, 1.165) is 141 Å². The molecule has 0 aromatic carbocycles. The average molecular weight is 1050 g/mol. The van der Waals surface area contributed by atoms with Crippen LogP contribution in [0.2, 0.25) is 0 Å². The summed E-state index contributed by atoms with van der Waals surface area (Å²) >= 11 is 0. The molecule has 75 heavy (non-hydrogen) atoms. The molecule has 9 nitrogen and oxygen atoms in total. The number of carbonyl (C=O) groups excluding carboxylic acids is 2. The van der Waals surface area contributed by atoms with E-state index >= 15 is 0 Å². The van der Waals surface area contributed by atoms with Crippen molar-refractivity contribution in [1.82, 2.24) is 0 Å². The summed E-state index contributed by atoms with van der Waals surface area (Å²) < 4.78 is 32.9. The Morgan fingerprint density at radius 1 is 0.400 bits per heavy atom. The zero-order valence-corrected chi connectivity index (χ0v) is 47.3. The van der Waals surface area contributed by atoms with Crippen LogP contribution in [0.3, 0.4) is 0 Å². The molecule has 0 saturated heterocycles. The van der Waals surface area contributed by atoms with Crippen LogP contribution < -0.4 is 5.73 Å². The maximum Gasteiger partial charge on any atom is 0.472 e. The molecule has 0 aliphatic rings. The first-order chi connectivity index (χ1) is 36.8. The van der Waals surface area contributed by atoms with Crippen LogP contribution in [-0.4, -0.2) is 49.3 Å². The number of ether oxygens (including phenoxy) is 2. The topological polar surface area (TPSA) is 134 Å². The van der Waals surface area contributed by atoms with Gasteiger partial charge in [-0.1, -0.05) is 215 Å². The number of hydrogen-bond acceptors (Lipinski definition) is 8. The summed E-state index contributed by atoms with van der Waals surface area (Å²) in [7, 11) is -4.42. The van der Waals surface area contributed by atoms with Gasteiger partial charge in [0.25, 0.3) is 0 Å². The second-order valence-electron chi connectivity index (χ2n) is 17.7. The van der Waals surface area contributed by atoms with E-state index in [0.29, 0.717) is 12.8 Å². The van der Waals surface area contributed by atoms with Crippen LogP contribution in [0.5, 0.6) is 0 Å². The Kier molecular flexibility index (Phi) is 54.6. The van der Waals surface area contributed by atoms with Gasteiger partial charge >= 0.3 is 19.8 Å². The summed E-state index contributed by atoms with van der Waals surface area (Å²) in [6.07, 6.45) is 87.9. The number of phosphoric acid groups is 1. The zero-order chi connectivity index (χ0) is 54.5. The van der Waals surface area contributed by atoms with Crippen LogP contribution in [-0.2, 0) is 32.7 Å². The lowest BCUT2D eigenvalue weighted by Gasteiger charge is -2.19. The Morgan fingerprint density at radius 2 is 0.693 bits per heavy atom. The molecule has 3 N–H and O–H groups in total. The molecule has 0 heterocycles. The lowest BCUT2D eigenvalue weighted by atomic mass is 10.1. The van der Waals surface area contributed by atoms with E-state index in [2.05, 4.69) is 196 Å². The van der Waals surface area contributed by atoms with E-state index in [9.17, 15) is 19.0 Å². The molecule has 2 atom stereocenters. The number of rotatable bonds is 50.